The van der Waals surface area contributed by atoms with Gasteiger partial charge in [0.05, 0.1) is 57.8 Å². The molecule has 3 atom stereocenters. The standard InChI is InChI=1S/C33H47N3O7/c1-4-33-11-7-12-35-13-10-25-24-8-5-6-9-26(24)36(29(25)30(33)35)27(22-33)31(38)34-28(23(2)3)32(39)43-21-20-42-19-18-41-17-16-40-15-14-37/h5-6,8-9,22-23,28,30,37H,4,7,10-21H2,1-3H3,(H,34,38)/t28-,30+,33-/m0/s1. The lowest BCUT2D eigenvalue weighted by atomic mass is 9.66. The molecule has 4 heterocycles. The lowest BCUT2D eigenvalue weighted by Crippen LogP contribution is -2.52. The first-order valence-corrected chi connectivity index (χ1v) is 15.8. The Balaban J connectivity index is 1.25. The minimum atomic E-state index is -0.786. The second-order valence-electron chi connectivity index (χ2n) is 12.0. The van der Waals surface area contributed by atoms with Crippen LogP contribution in [0.3, 0.4) is 0 Å². The maximum Gasteiger partial charge on any atom is 0.328 e. The Bertz CT molecular complexity index is 1300. The number of aromatic nitrogens is 1. The van der Waals surface area contributed by atoms with E-state index in [4.69, 9.17) is 24.1 Å². The third-order valence-electron chi connectivity index (χ3n) is 9.14. The highest BCUT2D eigenvalue weighted by atomic mass is 16.6. The highest BCUT2D eigenvalue weighted by molar-refractivity contribution is 6.17. The van der Waals surface area contributed by atoms with Crippen LogP contribution in [-0.2, 0) is 35.0 Å². The quantitative estimate of drug-likeness (QED) is 0.224. The summed E-state index contributed by atoms with van der Waals surface area (Å²) >= 11 is 0. The SMILES string of the molecule is CC[C@@]12C=C(C(=O)N[C@H](C(=O)OCCOCCOCCOCCO)C(C)C)n3c4c(c5ccccc53)CCN(CCC1)[C@H]42. The van der Waals surface area contributed by atoms with E-state index < -0.39 is 12.0 Å². The minimum Gasteiger partial charge on any atom is -0.462 e. The normalized spacial score (nSPS) is 21.9. The summed E-state index contributed by atoms with van der Waals surface area (Å²) in [6.07, 6.45) is 6.29. The van der Waals surface area contributed by atoms with E-state index in [0.29, 0.717) is 38.7 Å². The number of aliphatic hydroxyl groups is 1. The molecule has 1 saturated heterocycles. The van der Waals surface area contributed by atoms with Crippen LogP contribution in [0.15, 0.2) is 30.3 Å². The van der Waals surface area contributed by atoms with Gasteiger partial charge in [-0.15, -0.1) is 0 Å². The Kier molecular flexibility index (Phi) is 10.6. The Morgan fingerprint density at radius 2 is 1.72 bits per heavy atom. The minimum absolute atomic E-state index is 0.00798. The van der Waals surface area contributed by atoms with Crippen molar-refractivity contribution >= 4 is 28.5 Å². The predicted octanol–water partition coefficient (Wildman–Crippen LogP) is 3.31. The average molecular weight is 598 g/mol. The number of esters is 1. The van der Waals surface area contributed by atoms with Gasteiger partial charge < -0.3 is 33.9 Å². The van der Waals surface area contributed by atoms with Crippen LogP contribution in [0.1, 0.15) is 57.3 Å². The van der Waals surface area contributed by atoms with Gasteiger partial charge in [-0.25, -0.2) is 4.79 Å². The molecular formula is C33H47N3O7. The molecule has 10 heteroatoms. The number of carbonyl (C=O) groups excluding carboxylic acids is 2. The van der Waals surface area contributed by atoms with Crippen LogP contribution in [-0.4, -0.2) is 98.4 Å². The first-order valence-electron chi connectivity index (χ1n) is 15.8. The van der Waals surface area contributed by atoms with E-state index in [0.717, 1.165) is 44.3 Å². The number of piperidine rings is 1. The number of ether oxygens (including phenoxy) is 4. The van der Waals surface area contributed by atoms with Crippen LogP contribution in [0.5, 0.6) is 0 Å². The van der Waals surface area contributed by atoms with E-state index in [1.54, 1.807) is 0 Å². The Labute approximate surface area is 254 Å². The summed E-state index contributed by atoms with van der Waals surface area (Å²) in [5, 5.41) is 13.0. The van der Waals surface area contributed by atoms with Crippen molar-refractivity contribution in [3.63, 3.8) is 0 Å². The van der Waals surface area contributed by atoms with Gasteiger partial charge in [-0.05, 0) is 55.9 Å². The molecule has 1 aromatic carbocycles. The summed E-state index contributed by atoms with van der Waals surface area (Å²) in [4.78, 5) is 29.9. The zero-order chi connectivity index (χ0) is 30.4. The number of rotatable bonds is 16. The van der Waals surface area contributed by atoms with Crippen LogP contribution < -0.4 is 5.32 Å². The molecule has 0 spiro atoms. The summed E-state index contributed by atoms with van der Waals surface area (Å²) in [7, 11) is 0. The van der Waals surface area contributed by atoms with Crippen molar-refractivity contribution in [1.82, 2.24) is 14.8 Å². The monoisotopic (exact) mass is 597 g/mol. The molecule has 0 bridgehead atoms. The van der Waals surface area contributed by atoms with E-state index in [-0.39, 0.29) is 43.1 Å². The highest BCUT2D eigenvalue weighted by Crippen LogP contribution is 2.57. The first-order chi connectivity index (χ1) is 20.9. The first kappa shape index (κ1) is 31.7. The highest BCUT2D eigenvalue weighted by Gasteiger charge is 2.51. The molecule has 1 amide bonds. The largest absolute Gasteiger partial charge is 0.462 e. The van der Waals surface area contributed by atoms with E-state index in [1.807, 2.05) is 19.9 Å². The Morgan fingerprint density at radius 1 is 1.02 bits per heavy atom. The van der Waals surface area contributed by atoms with Gasteiger partial charge in [0.15, 0.2) is 0 Å². The molecule has 3 aliphatic rings. The number of aliphatic hydroxyl groups excluding tert-OH is 1. The molecule has 5 rings (SSSR count). The molecule has 10 nitrogen and oxygen atoms in total. The van der Waals surface area contributed by atoms with Crippen LogP contribution in [0.4, 0.5) is 0 Å². The number of nitrogens with zero attached hydrogens (tertiary/aromatic N) is 2. The van der Waals surface area contributed by atoms with E-state index in [1.165, 1.54) is 16.6 Å². The van der Waals surface area contributed by atoms with E-state index in [2.05, 4.69) is 46.0 Å². The molecule has 1 fully saturated rings. The second-order valence-corrected chi connectivity index (χ2v) is 12.0. The van der Waals surface area contributed by atoms with Gasteiger partial charge >= 0.3 is 5.97 Å². The number of benzene rings is 1. The summed E-state index contributed by atoms with van der Waals surface area (Å²) in [5.41, 5.74) is 4.15. The molecule has 0 saturated carbocycles. The lowest BCUT2D eigenvalue weighted by Gasteiger charge is -2.53. The zero-order valence-corrected chi connectivity index (χ0v) is 25.8. The van der Waals surface area contributed by atoms with Crippen molar-refractivity contribution in [3.05, 3.63) is 41.6 Å². The number of para-hydroxylation sites is 1. The molecule has 0 radical (unpaired) electrons. The third-order valence-corrected chi connectivity index (χ3v) is 9.14. The summed E-state index contributed by atoms with van der Waals surface area (Å²) in [6.45, 7) is 10.4. The van der Waals surface area contributed by atoms with Gasteiger partial charge in [0, 0.05) is 23.0 Å². The number of hydrogen-bond acceptors (Lipinski definition) is 8. The van der Waals surface area contributed by atoms with Crippen LogP contribution in [0, 0.1) is 11.3 Å². The van der Waals surface area contributed by atoms with Gasteiger partial charge in [0.25, 0.3) is 5.91 Å². The van der Waals surface area contributed by atoms with Gasteiger partial charge in [-0.2, -0.15) is 0 Å². The molecule has 2 aromatic rings. The average Bonchev–Trinajstić information content (AvgIpc) is 3.36. The fourth-order valence-corrected chi connectivity index (χ4v) is 7.06. The van der Waals surface area contributed by atoms with Gasteiger partial charge in [0.2, 0.25) is 0 Å². The molecule has 0 unspecified atom stereocenters. The van der Waals surface area contributed by atoms with Gasteiger partial charge in [-0.3, -0.25) is 9.69 Å². The molecule has 0 aliphatic carbocycles. The third kappa shape index (κ3) is 6.54. The van der Waals surface area contributed by atoms with Crippen molar-refractivity contribution in [3.8, 4) is 0 Å². The lowest BCUT2D eigenvalue weighted by molar-refractivity contribution is -0.150. The van der Waals surface area contributed by atoms with Crippen LogP contribution in [0.2, 0.25) is 0 Å². The second kappa shape index (κ2) is 14.3. The summed E-state index contributed by atoms with van der Waals surface area (Å²) in [6, 6.07) is 7.86. The summed E-state index contributed by atoms with van der Waals surface area (Å²) in [5.74, 6) is -0.868. The number of fused-ring (bicyclic) bond motifs is 3. The van der Waals surface area contributed by atoms with Crippen LogP contribution in [0.25, 0.3) is 16.6 Å². The van der Waals surface area contributed by atoms with Crippen molar-refractivity contribution in [2.24, 2.45) is 11.3 Å². The Hall–Kier alpha value is -2.76. The zero-order valence-electron chi connectivity index (χ0n) is 25.8. The van der Waals surface area contributed by atoms with Crippen molar-refractivity contribution in [2.45, 2.75) is 58.5 Å². The van der Waals surface area contributed by atoms with Crippen molar-refractivity contribution in [2.75, 3.05) is 65.9 Å². The maximum atomic E-state index is 14.1. The molecule has 236 valence electrons. The van der Waals surface area contributed by atoms with Crippen LogP contribution >= 0.6 is 0 Å². The predicted molar refractivity (Wildman–Crippen MR) is 163 cm³/mol. The van der Waals surface area contributed by atoms with Gasteiger partial charge in [-0.1, -0.05) is 39.0 Å². The molecular weight excluding hydrogens is 550 g/mol. The number of amides is 1. The summed E-state index contributed by atoms with van der Waals surface area (Å²) < 4.78 is 23.7. The number of hydrogen-bond donors (Lipinski definition) is 2. The number of nitrogens with one attached hydrogen (secondary N) is 1. The van der Waals surface area contributed by atoms with Crippen molar-refractivity contribution in [1.29, 1.82) is 0 Å². The smallest absolute Gasteiger partial charge is 0.328 e. The molecule has 1 aromatic heterocycles. The molecule has 2 N–H and O–H groups in total. The molecule has 3 aliphatic heterocycles. The van der Waals surface area contributed by atoms with Gasteiger partial charge in [0.1, 0.15) is 18.3 Å². The molecule has 43 heavy (non-hydrogen) atoms. The topological polar surface area (TPSA) is 111 Å². The fraction of sp³-hybridized carbons (Fsp3) is 0.636. The van der Waals surface area contributed by atoms with E-state index >= 15 is 0 Å². The van der Waals surface area contributed by atoms with Crippen molar-refractivity contribution < 1.29 is 33.6 Å². The van der Waals surface area contributed by atoms with E-state index in [9.17, 15) is 9.59 Å². The Morgan fingerprint density at radius 3 is 2.42 bits per heavy atom. The fourth-order valence-electron chi connectivity index (χ4n) is 7.06. The number of carbonyl (C=O) groups is 2. The maximum absolute atomic E-state index is 14.1.